The number of rotatable bonds is 4. The number of nitrogens with one attached hydrogen (secondary N) is 1. The molecule has 2 aromatic carbocycles. The predicted octanol–water partition coefficient (Wildman–Crippen LogP) is 0.431. The lowest BCUT2D eigenvalue weighted by Gasteiger charge is -2.06. The highest BCUT2D eigenvalue weighted by atomic mass is 16.4. The summed E-state index contributed by atoms with van der Waals surface area (Å²) >= 11 is 0. The molecule has 0 radical (unpaired) electrons. The van der Waals surface area contributed by atoms with E-state index in [1.165, 1.54) is 24.3 Å². The van der Waals surface area contributed by atoms with E-state index in [9.17, 15) is 9.59 Å². The molecule has 100 valence electrons. The highest BCUT2D eigenvalue weighted by Gasteiger charge is 2.12. The topological polar surface area (TPSA) is 86.6 Å². The van der Waals surface area contributed by atoms with Crippen LogP contribution in [0.2, 0.25) is 0 Å². The molecule has 2 rings (SSSR count). The number of aldehydes is 1. The maximum Gasteiger partial charge on any atom is 0.488 e. The molecule has 0 aliphatic rings. The van der Waals surface area contributed by atoms with Gasteiger partial charge in [0.25, 0.3) is 5.91 Å². The normalized spacial score (nSPS) is 9.90. The van der Waals surface area contributed by atoms with Crippen molar-refractivity contribution in [1.29, 1.82) is 0 Å². The first-order valence-electron chi connectivity index (χ1n) is 5.93. The van der Waals surface area contributed by atoms with E-state index in [4.69, 9.17) is 10.0 Å². The average Bonchev–Trinajstić information content (AvgIpc) is 2.48. The van der Waals surface area contributed by atoms with Gasteiger partial charge in [-0.05, 0) is 41.9 Å². The smallest absolute Gasteiger partial charge is 0.423 e. The number of hydrogen-bond acceptors (Lipinski definition) is 4. The fraction of sp³-hybridized carbons (Fsp3) is 0. The van der Waals surface area contributed by atoms with Crippen molar-refractivity contribution in [3.63, 3.8) is 0 Å². The summed E-state index contributed by atoms with van der Waals surface area (Å²) in [5.41, 5.74) is 1.82. The SMILES string of the molecule is O=Cc1ccc(NC(=O)c2ccc(B(O)O)cc2)cc1. The van der Waals surface area contributed by atoms with Crippen molar-refractivity contribution in [2.45, 2.75) is 0 Å². The van der Waals surface area contributed by atoms with Gasteiger partial charge in [0.1, 0.15) is 6.29 Å². The quantitative estimate of drug-likeness (QED) is 0.555. The lowest BCUT2D eigenvalue weighted by atomic mass is 9.80. The number of amides is 1. The Labute approximate surface area is 116 Å². The van der Waals surface area contributed by atoms with Gasteiger partial charge in [-0.3, -0.25) is 9.59 Å². The Hall–Kier alpha value is -2.44. The van der Waals surface area contributed by atoms with Gasteiger partial charge in [0.2, 0.25) is 0 Å². The highest BCUT2D eigenvalue weighted by molar-refractivity contribution is 6.58. The van der Waals surface area contributed by atoms with Crippen LogP contribution in [0, 0.1) is 0 Å². The molecule has 6 heteroatoms. The van der Waals surface area contributed by atoms with Crippen LogP contribution < -0.4 is 10.8 Å². The summed E-state index contributed by atoms with van der Waals surface area (Å²) in [5, 5.41) is 20.6. The van der Waals surface area contributed by atoms with E-state index < -0.39 is 7.12 Å². The van der Waals surface area contributed by atoms with Crippen molar-refractivity contribution in [3.8, 4) is 0 Å². The maximum atomic E-state index is 11.9. The second kappa shape index (κ2) is 6.14. The Balaban J connectivity index is 2.08. The van der Waals surface area contributed by atoms with Crippen molar-refractivity contribution in [1.82, 2.24) is 0 Å². The van der Waals surface area contributed by atoms with Crippen LogP contribution in [0.25, 0.3) is 0 Å². The lowest BCUT2D eigenvalue weighted by molar-refractivity contribution is 0.102. The molecule has 0 bridgehead atoms. The summed E-state index contributed by atoms with van der Waals surface area (Å²) in [5.74, 6) is -0.317. The molecular formula is C14H12BNO4. The van der Waals surface area contributed by atoms with E-state index in [0.29, 0.717) is 22.3 Å². The largest absolute Gasteiger partial charge is 0.488 e. The number of carbonyl (C=O) groups is 2. The van der Waals surface area contributed by atoms with Crippen molar-refractivity contribution in [2.75, 3.05) is 5.32 Å². The highest BCUT2D eigenvalue weighted by Crippen LogP contribution is 2.10. The molecule has 0 unspecified atom stereocenters. The van der Waals surface area contributed by atoms with Gasteiger partial charge in [0.05, 0.1) is 0 Å². The molecule has 0 spiro atoms. The van der Waals surface area contributed by atoms with Gasteiger partial charge in [-0.15, -0.1) is 0 Å². The van der Waals surface area contributed by atoms with Crippen LogP contribution in [-0.4, -0.2) is 29.4 Å². The summed E-state index contributed by atoms with van der Waals surface area (Å²) in [7, 11) is -1.55. The second-order valence-electron chi connectivity index (χ2n) is 4.19. The molecule has 0 fully saturated rings. The molecular weight excluding hydrogens is 257 g/mol. The molecule has 0 aromatic heterocycles. The van der Waals surface area contributed by atoms with Crippen molar-refractivity contribution >= 4 is 30.5 Å². The summed E-state index contributed by atoms with van der Waals surface area (Å²) in [6.07, 6.45) is 0.727. The molecule has 2 aromatic rings. The van der Waals surface area contributed by atoms with Gasteiger partial charge in [0, 0.05) is 16.8 Å². The zero-order valence-electron chi connectivity index (χ0n) is 10.5. The summed E-state index contributed by atoms with van der Waals surface area (Å²) in [4.78, 5) is 22.5. The van der Waals surface area contributed by atoms with E-state index in [0.717, 1.165) is 6.29 Å². The first-order valence-corrected chi connectivity index (χ1v) is 5.93. The molecule has 0 aliphatic carbocycles. The molecule has 5 nitrogen and oxygen atoms in total. The van der Waals surface area contributed by atoms with Gasteiger partial charge >= 0.3 is 7.12 Å². The molecule has 0 saturated carbocycles. The lowest BCUT2D eigenvalue weighted by Crippen LogP contribution is -2.29. The van der Waals surface area contributed by atoms with Crippen LogP contribution in [0.3, 0.4) is 0 Å². The predicted molar refractivity (Wildman–Crippen MR) is 76.1 cm³/mol. The third-order valence-corrected chi connectivity index (χ3v) is 2.78. The first-order chi connectivity index (χ1) is 9.60. The monoisotopic (exact) mass is 269 g/mol. The summed E-state index contributed by atoms with van der Waals surface area (Å²) < 4.78 is 0. The van der Waals surface area contributed by atoms with Crippen molar-refractivity contribution < 1.29 is 19.6 Å². The Morgan fingerprint density at radius 3 is 2.10 bits per heavy atom. The standard InChI is InChI=1S/C14H12BNO4/c17-9-10-1-7-13(8-2-10)16-14(18)11-3-5-12(6-4-11)15(19)20/h1-9,19-20H,(H,16,18). The first kappa shape index (κ1) is 14.0. The van der Waals surface area contributed by atoms with E-state index in [1.807, 2.05) is 0 Å². The number of hydrogen-bond donors (Lipinski definition) is 3. The Morgan fingerprint density at radius 1 is 1.00 bits per heavy atom. The number of benzene rings is 2. The Bertz CT molecular complexity index is 608. The number of anilines is 1. The molecule has 0 heterocycles. The van der Waals surface area contributed by atoms with Gasteiger partial charge in [-0.1, -0.05) is 12.1 Å². The minimum atomic E-state index is -1.55. The zero-order chi connectivity index (χ0) is 14.5. The van der Waals surface area contributed by atoms with Gasteiger partial charge in [-0.25, -0.2) is 0 Å². The fourth-order valence-electron chi connectivity index (χ4n) is 1.65. The minimum Gasteiger partial charge on any atom is -0.423 e. The van der Waals surface area contributed by atoms with Crippen LogP contribution in [0.15, 0.2) is 48.5 Å². The van der Waals surface area contributed by atoms with Gasteiger partial charge in [-0.2, -0.15) is 0 Å². The summed E-state index contributed by atoms with van der Waals surface area (Å²) in [6.45, 7) is 0. The summed E-state index contributed by atoms with van der Waals surface area (Å²) in [6, 6.07) is 12.4. The molecule has 0 aliphatic heterocycles. The van der Waals surface area contributed by atoms with Crippen LogP contribution in [0.4, 0.5) is 5.69 Å². The van der Waals surface area contributed by atoms with Crippen LogP contribution >= 0.6 is 0 Å². The fourth-order valence-corrected chi connectivity index (χ4v) is 1.65. The van der Waals surface area contributed by atoms with E-state index >= 15 is 0 Å². The van der Waals surface area contributed by atoms with Crippen LogP contribution in [0.1, 0.15) is 20.7 Å². The van der Waals surface area contributed by atoms with Crippen molar-refractivity contribution in [3.05, 3.63) is 59.7 Å². The Morgan fingerprint density at radius 2 is 1.60 bits per heavy atom. The average molecular weight is 269 g/mol. The van der Waals surface area contributed by atoms with Crippen LogP contribution in [0.5, 0.6) is 0 Å². The molecule has 0 atom stereocenters. The van der Waals surface area contributed by atoms with Crippen LogP contribution in [-0.2, 0) is 0 Å². The molecule has 0 saturated heterocycles. The van der Waals surface area contributed by atoms with Gasteiger partial charge < -0.3 is 15.4 Å². The third kappa shape index (κ3) is 3.31. The minimum absolute atomic E-state index is 0.317. The van der Waals surface area contributed by atoms with Crippen molar-refractivity contribution in [2.24, 2.45) is 0 Å². The molecule has 1 amide bonds. The van der Waals surface area contributed by atoms with Gasteiger partial charge in [0.15, 0.2) is 0 Å². The zero-order valence-corrected chi connectivity index (χ0v) is 10.5. The third-order valence-electron chi connectivity index (χ3n) is 2.78. The van der Waals surface area contributed by atoms with E-state index in [-0.39, 0.29) is 5.91 Å². The molecule has 20 heavy (non-hydrogen) atoms. The Kier molecular flexibility index (Phi) is 4.29. The second-order valence-corrected chi connectivity index (χ2v) is 4.19. The van der Waals surface area contributed by atoms with E-state index in [1.54, 1.807) is 24.3 Å². The maximum absolute atomic E-state index is 11.9. The number of carbonyl (C=O) groups excluding carboxylic acids is 2. The molecule has 3 N–H and O–H groups in total. The van der Waals surface area contributed by atoms with E-state index in [2.05, 4.69) is 5.32 Å².